The van der Waals surface area contributed by atoms with Gasteiger partial charge in [0.15, 0.2) is 0 Å². The number of rotatable bonds is 5. The van der Waals surface area contributed by atoms with Crippen molar-refractivity contribution in [3.63, 3.8) is 0 Å². The number of hydrogen-bond acceptors (Lipinski definition) is 3. The third kappa shape index (κ3) is 3.49. The van der Waals surface area contributed by atoms with E-state index in [4.69, 9.17) is 23.2 Å². The molecule has 1 aliphatic rings. The Morgan fingerprint density at radius 1 is 1.35 bits per heavy atom. The predicted octanol–water partition coefficient (Wildman–Crippen LogP) is 2.56. The SMILES string of the molecule is Oc1c(Cl)cc(Cl)cc1CNCC(O)C1CC1. The van der Waals surface area contributed by atoms with Gasteiger partial charge >= 0.3 is 0 Å². The lowest BCUT2D eigenvalue weighted by molar-refractivity contribution is 0.148. The van der Waals surface area contributed by atoms with E-state index in [1.807, 2.05) is 0 Å². The van der Waals surface area contributed by atoms with Gasteiger partial charge in [0.05, 0.1) is 11.1 Å². The van der Waals surface area contributed by atoms with Gasteiger partial charge in [0.25, 0.3) is 0 Å². The number of aliphatic hydroxyl groups excluding tert-OH is 1. The number of phenols is 1. The molecule has 1 aliphatic carbocycles. The van der Waals surface area contributed by atoms with E-state index in [1.54, 1.807) is 6.07 Å². The number of halogens is 2. The minimum Gasteiger partial charge on any atom is -0.506 e. The topological polar surface area (TPSA) is 52.5 Å². The van der Waals surface area contributed by atoms with E-state index in [1.165, 1.54) is 6.07 Å². The van der Waals surface area contributed by atoms with E-state index in [2.05, 4.69) is 5.32 Å². The molecule has 1 atom stereocenters. The summed E-state index contributed by atoms with van der Waals surface area (Å²) in [5.41, 5.74) is 0.644. The number of aromatic hydroxyl groups is 1. The van der Waals surface area contributed by atoms with Gasteiger partial charge in [-0.05, 0) is 30.9 Å². The molecule has 0 bridgehead atoms. The number of nitrogens with one attached hydrogen (secondary N) is 1. The number of aliphatic hydroxyl groups is 1. The molecule has 3 nitrogen and oxygen atoms in total. The van der Waals surface area contributed by atoms with Crippen LogP contribution in [0.3, 0.4) is 0 Å². The highest BCUT2D eigenvalue weighted by Gasteiger charge is 2.29. The molecule has 1 fully saturated rings. The highest BCUT2D eigenvalue weighted by atomic mass is 35.5. The van der Waals surface area contributed by atoms with Crippen molar-refractivity contribution in [2.45, 2.75) is 25.5 Å². The van der Waals surface area contributed by atoms with Crippen LogP contribution in [0.2, 0.25) is 10.0 Å². The van der Waals surface area contributed by atoms with Crippen LogP contribution in [0, 0.1) is 5.92 Å². The Labute approximate surface area is 110 Å². The van der Waals surface area contributed by atoms with Gasteiger partial charge in [0.2, 0.25) is 0 Å². The molecule has 0 radical (unpaired) electrons. The second kappa shape index (κ2) is 5.44. The van der Waals surface area contributed by atoms with Crippen LogP contribution in [-0.4, -0.2) is 22.9 Å². The molecule has 1 saturated carbocycles. The van der Waals surface area contributed by atoms with E-state index in [9.17, 15) is 10.2 Å². The first-order valence-corrected chi connectivity index (χ1v) is 6.39. The molecule has 17 heavy (non-hydrogen) atoms. The molecular weight excluding hydrogens is 261 g/mol. The summed E-state index contributed by atoms with van der Waals surface area (Å²) in [5, 5.41) is 23.2. The molecule has 0 heterocycles. The molecule has 2 rings (SSSR count). The van der Waals surface area contributed by atoms with Gasteiger partial charge in [-0.25, -0.2) is 0 Å². The predicted molar refractivity (Wildman–Crippen MR) is 68.6 cm³/mol. The lowest BCUT2D eigenvalue weighted by Gasteiger charge is -2.12. The molecule has 0 saturated heterocycles. The molecule has 0 spiro atoms. The van der Waals surface area contributed by atoms with Crippen molar-refractivity contribution in [1.29, 1.82) is 0 Å². The Kier molecular flexibility index (Phi) is 4.15. The Morgan fingerprint density at radius 3 is 2.71 bits per heavy atom. The summed E-state index contributed by atoms with van der Waals surface area (Å²) in [4.78, 5) is 0. The first kappa shape index (κ1) is 13.0. The third-order valence-electron chi connectivity index (χ3n) is 2.94. The van der Waals surface area contributed by atoms with Crippen LogP contribution in [0.1, 0.15) is 18.4 Å². The third-order valence-corrected chi connectivity index (χ3v) is 3.45. The smallest absolute Gasteiger partial charge is 0.138 e. The molecule has 1 aromatic rings. The lowest BCUT2D eigenvalue weighted by atomic mass is 10.2. The fraction of sp³-hybridized carbons (Fsp3) is 0.500. The molecule has 0 aromatic heterocycles. The van der Waals surface area contributed by atoms with Crippen LogP contribution in [0.5, 0.6) is 5.75 Å². The summed E-state index contributed by atoms with van der Waals surface area (Å²) < 4.78 is 0. The van der Waals surface area contributed by atoms with Crippen LogP contribution in [0.25, 0.3) is 0 Å². The monoisotopic (exact) mass is 275 g/mol. The van der Waals surface area contributed by atoms with Gasteiger partial charge < -0.3 is 15.5 Å². The average Bonchev–Trinajstić information content (AvgIpc) is 3.08. The zero-order valence-electron chi connectivity index (χ0n) is 9.29. The Balaban J connectivity index is 1.89. The Morgan fingerprint density at radius 2 is 2.06 bits per heavy atom. The van der Waals surface area contributed by atoms with Crippen LogP contribution in [0.15, 0.2) is 12.1 Å². The van der Waals surface area contributed by atoms with Crippen molar-refractivity contribution in [3.8, 4) is 5.75 Å². The van der Waals surface area contributed by atoms with E-state index < -0.39 is 0 Å². The fourth-order valence-electron chi connectivity index (χ4n) is 1.76. The van der Waals surface area contributed by atoms with Gasteiger partial charge in [-0.1, -0.05) is 23.2 Å². The zero-order valence-corrected chi connectivity index (χ0v) is 10.8. The quantitative estimate of drug-likeness (QED) is 0.774. The van der Waals surface area contributed by atoms with E-state index in [-0.39, 0.29) is 16.9 Å². The van der Waals surface area contributed by atoms with Crippen LogP contribution < -0.4 is 5.32 Å². The average molecular weight is 276 g/mol. The van der Waals surface area contributed by atoms with E-state index >= 15 is 0 Å². The van der Waals surface area contributed by atoms with Gasteiger partial charge in [-0.15, -0.1) is 0 Å². The Bertz CT molecular complexity index is 408. The van der Waals surface area contributed by atoms with Crippen molar-refractivity contribution in [2.24, 2.45) is 5.92 Å². The fourth-order valence-corrected chi connectivity index (χ4v) is 2.29. The van der Waals surface area contributed by atoms with Crippen LogP contribution in [-0.2, 0) is 6.54 Å². The van der Waals surface area contributed by atoms with Gasteiger partial charge in [-0.2, -0.15) is 0 Å². The molecule has 1 unspecified atom stereocenters. The van der Waals surface area contributed by atoms with Gasteiger partial charge in [-0.3, -0.25) is 0 Å². The largest absolute Gasteiger partial charge is 0.506 e. The molecule has 0 amide bonds. The molecule has 3 N–H and O–H groups in total. The summed E-state index contributed by atoms with van der Waals surface area (Å²) in [6, 6.07) is 3.17. The zero-order chi connectivity index (χ0) is 12.4. The molecule has 1 aromatic carbocycles. The van der Waals surface area contributed by atoms with Crippen molar-refractivity contribution < 1.29 is 10.2 Å². The highest BCUT2D eigenvalue weighted by Crippen LogP contribution is 2.33. The van der Waals surface area contributed by atoms with Crippen molar-refractivity contribution in [2.75, 3.05) is 6.54 Å². The highest BCUT2D eigenvalue weighted by molar-refractivity contribution is 6.35. The summed E-state index contributed by atoms with van der Waals surface area (Å²) in [6.07, 6.45) is 1.92. The first-order valence-electron chi connectivity index (χ1n) is 5.63. The number of benzene rings is 1. The molecule has 5 heteroatoms. The molecular formula is C12H15Cl2NO2. The Hall–Kier alpha value is -0.480. The summed E-state index contributed by atoms with van der Waals surface area (Å²) in [7, 11) is 0. The standard InChI is InChI=1S/C12H15Cl2NO2/c13-9-3-8(12(17)10(14)4-9)5-15-6-11(16)7-1-2-7/h3-4,7,11,15-17H,1-2,5-6H2. The summed E-state index contributed by atoms with van der Waals surface area (Å²) >= 11 is 11.7. The lowest BCUT2D eigenvalue weighted by Crippen LogP contribution is -2.27. The van der Waals surface area contributed by atoms with Crippen molar-refractivity contribution >= 4 is 23.2 Å². The number of hydrogen-bond donors (Lipinski definition) is 3. The molecule has 94 valence electrons. The van der Waals surface area contributed by atoms with Crippen LogP contribution in [0.4, 0.5) is 0 Å². The maximum Gasteiger partial charge on any atom is 0.138 e. The second-order valence-electron chi connectivity index (χ2n) is 4.43. The maximum atomic E-state index is 9.72. The second-order valence-corrected chi connectivity index (χ2v) is 5.27. The summed E-state index contributed by atoms with van der Waals surface area (Å²) in [6.45, 7) is 0.962. The van der Waals surface area contributed by atoms with Gasteiger partial charge in [0, 0.05) is 23.7 Å². The van der Waals surface area contributed by atoms with Crippen LogP contribution >= 0.6 is 23.2 Å². The first-order chi connectivity index (χ1) is 8.08. The minimum atomic E-state index is -0.299. The normalized spacial score (nSPS) is 17.1. The van der Waals surface area contributed by atoms with Crippen molar-refractivity contribution in [3.05, 3.63) is 27.7 Å². The van der Waals surface area contributed by atoms with E-state index in [0.717, 1.165) is 12.8 Å². The van der Waals surface area contributed by atoms with Crippen molar-refractivity contribution in [1.82, 2.24) is 5.32 Å². The van der Waals surface area contributed by atoms with E-state index in [0.29, 0.717) is 29.6 Å². The summed E-state index contributed by atoms with van der Waals surface area (Å²) in [5.74, 6) is 0.489. The van der Waals surface area contributed by atoms with Gasteiger partial charge in [0.1, 0.15) is 5.75 Å². The maximum absolute atomic E-state index is 9.72. The minimum absolute atomic E-state index is 0.0458. The molecule has 0 aliphatic heterocycles. The number of phenolic OH excluding ortho intramolecular Hbond substituents is 1.